The molecule has 0 spiro atoms. The molecular formula is C18H19NO4. The molecule has 0 fully saturated rings. The molecule has 0 amide bonds. The molecule has 120 valence electrons. The van der Waals surface area contributed by atoms with Crippen molar-refractivity contribution in [3.8, 4) is 16.9 Å². The summed E-state index contributed by atoms with van der Waals surface area (Å²) in [5, 5.41) is 10.0. The van der Waals surface area contributed by atoms with Gasteiger partial charge >= 0.3 is 5.97 Å². The Balaban J connectivity index is 2.16. The number of carbonyl (C=O) groups excluding carboxylic acids is 2. The van der Waals surface area contributed by atoms with Crippen molar-refractivity contribution in [3.63, 3.8) is 0 Å². The SMILES string of the molecule is CCc1ccc(-c2cnc(C(=O)CCC(=O)OC)c(O)c2)cc1. The van der Waals surface area contributed by atoms with Gasteiger partial charge < -0.3 is 9.84 Å². The van der Waals surface area contributed by atoms with Gasteiger partial charge in [-0.15, -0.1) is 0 Å². The highest BCUT2D eigenvalue weighted by atomic mass is 16.5. The van der Waals surface area contributed by atoms with E-state index in [1.807, 2.05) is 24.3 Å². The third-order valence-corrected chi connectivity index (χ3v) is 3.61. The molecule has 5 heteroatoms. The highest BCUT2D eigenvalue weighted by Gasteiger charge is 2.15. The van der Waals surface area contributed by atoms with E-state index in [4.69, 9.17) is 0 Å². The molecule has 2 aromatic rings. The fraction of sp³-hybridized carbons (Fsp3) is 0.278. The molecule has 0 aliphatic heterocycles. The Hall–Kier alpha value is -2.69. The van der Waals surface area contributed by atoms with Gasteiger partial charge in [-0.25, -0.2) is 4.98 Å². The van der Waals surface area contributed by atoms with Crippen molar-refractivity contribution in [1.29, 1.82) is 0 Å². The molecule has 1 aromatic carbocycles. The molecule has 0 saturated carbocycles. The fourth-order valence-electron chi connectivity index (χ4n) is 2.19. The Morgan fingerprint density at radius 2 is 1.83 bits per heavy atom. The van der Waals surface area contributed by atoms with Gasteiger partial charge in [0.15, 0.2) is 5.78 Å². The smallest absolute Gasteiger partial charge is 0.305 e. The van der Waals surface area contributed by atoms with Crippen molar-refractivity contribution in [2.75, 3.05) is 7.11 Å². The van der Waals surface area contributed by atoms with Crippen LogP contribution in [0, 0.1) is 0 Å². The van der Waals surface area contributed by atoms with E-state index in [2.05, 4.69) is 16.6 Å². The van der Waals surface area contributed by atoms with Gasteiger partial charge in [0.1, 0.15) is 11.4 Å². The van der Waals surface area contributed by atoms with Crippen LogP contribution in [-0.2, 0) is 16.0 Å². The number of aromatic nitrogens is 1. The number of aromatic hydroxyl groups is 1. The standard InChI is InChI=1S/C18H19NO4/c1-3-12-4-6-13(7-5-12)14-10-16(21)18(19-11-14)15(20)8-9-17(22)23-2/h4-7,10-11,21H,3,8-9H2,1-2H3. The summed E-state index contributed by atoms with van der Waals surface area (Å²) >= 11 is 0. The third-order valence-electron chi connectivity index (χ3n) is 3.61. The number of hydrogen-bond donors (Lipinski definition) is 1. The van der Waals surface area contributed by atoms with E-state index in [1.165, 1.54) is 18.7 Å². The van der Waals surface area contributed by atoms with Gasteiger partial charge in [-0.05, 0) is 23.6 Å². The molecule has 2 rings (SSSR count). The predicted octanol–water partition coefficient (Wildman–Crippen LogP) is 3.15. The van der Waals surface area contributed by atoms with Crippen molar-refractivity contribution in [2.24, 2.45) is 0 Å². The number of nitrogens with zero attached hydrogens (tertiary/aromatic N) is 1. The number of aryl methyl sites for hydroxylation is 1. The van der Waals surface area contributed by atoms with E-state index in [0.29, 0.717) is 0 Å². The Morgan fingerprint density at radius 1 is 1.13 bits per heavy atom. The van der Waals surface area contributed by atoms with Gasteiger partial charge in [-0.3, -0.25) is 9.59 Å². The summed E-state index contributed by atoms with van der Waals surface area (Å²) in [7, 11) is 1.27. The summed E-state index contributed by atoms with van der Waals surface area (Å²) < 4.78 is 4.49. The van der Waals surface area contributed by atoms with Crippen molar-refractivity contribution in [1.82, 2.24) is 4.98 Å². The van der Waals surface area contributed by atoms with Crippen molar-refractivity contribution in [2.45, 2.75) is 26.2 Å². The topological polar surface area (TPSA) is 76.5 Å². The number of ether oxygens (including phenoxy) is 1. The molecular weight excluding hydrogens is 294 g/mol. The average molecular weight is 313 g/mol. The van der Waals surface area contributed by atoms with Gasteiger partial charge in [0.25, 0.3) is 0 Å². The Bertz CT molecular complexity index is 707. The molecule has 1 heterocycles. The number of rotatable bonds is 6. The van der Waals surface area contributed by atoms with E-state index < -0.39 is 5.97 Å². The first-order chi connectivity index (χ1) is 11.0. The van der Waals surface area contributed by atoms with Gasteiger partial charge in [-0.2, -0.15) is 0 Å². The first-order valence-electron chi connectivity index (χ1n) is 7.43. The van der Waals surface area contributed by atoms with Crippen LogP contribution in [0.15, 0.2) is 36.5 Å². The summed E-state index contributed by atoms with van der Waals surface area (Å²) in [5.41, 5.74) is 2.84. The van der Waals surface area contributed by atoms with Crippen LogP contribution in [0.25, 0.3) is 11.1 Å². The minimum absolute atomic E-state index is 0.0252. The fourth-order valence-corrected chi connectivity index (χ4v) is 2.19. The molecule has 1 N–H and O–H groups in total. The van der Waals surface area contributed by atoms with E-state index in [1.54, 1.807) is 6.20 Å². The van der Waals surface area contributed by atoms with E-state index in [9.17, 15) is 14.7 Å². The first-order valence-corrected chi connectivity index (χ1v) is 7.43. The van der Waals surface area contributed by atoms with Crippen LogP contribution in [0.1, 0.15) is 35.8 Å². The van der Waals surface area contributed by atoms with Crippen LogP contribution in [0.3, 0.4) is 0 Å². The second kappa shape index (κ2) is 7.54. The van der Waals surface area contributed by atoms with Crippen LogP contribution < -0.4 is 0 Å². The molecule has 0 bridgehead atoms. The number of benzene rings is 1. The lowest BCUT2D eigenvalue weighted by molar-refractivity contribution is -0.140. The number of ketones is 1. The van der Waals surface area contributed by atoms with Crippen LogP contribution in [-0.4, -0.2) is 29.0 Å². The first kappa shape index (κ1) is 16.7. The summed E-state index contributed by atoms with van der Waals surface area (Å²) in [5.74, 6) is -1.04. The van der Waals surface area contributed by atoms with Crippen LogP contribution in [0.4, 0.5) is 0 Å². The predicted molar refractivity (Wildman–Crippen MR) is 86.3 cm³/mol. The minimum atomic E-state index is -0.467. The quantitative estimate of drug-likeness (QED) is 0.655. The maximum atomic E-state index is 12.0. The lowest BCUT2D eigenvalue weighted by Gasteiger charge is -2.07. The van der Waals surface area contributed by atoms with Gasteiger partial charge in [0.05, 0.1) is 13.5 Å². The van der Waals surface area contributed by atoms with Gasteiger partial charge in [0.2, 0.25) is 0 Å². The van der Waals surface area contributed by atoms with E-state index in [-0.39, 0.29) is 30.1 Å². The summed E-state index contributed by atoms with van der Waals surface area (Å²) in [6.45, 7) is 2.08. The van der Waals surface area contributed by atoms with Crippen LogP contribution >= 0.6 is 0 Å². The normalized spacial score (nSPS) is 10.3. The van der Waals surface area contributed by atoms with E-state index >= 15 is 0 Å². The number of methoxy groups -OCH3 is 1. The molecule has 0 saturated heterocycles. The van der Waals surface area contributed by atoms with Crippen LogP contribution in [0.5, 0.6) is 5.75 Å². The maximum absolute atomic E-state index is 12.0. The Kier molecular flexibility index (Phi) is 5.46. The van der Waals surface area contributed by atoms with Crippen molar-refractivity contribution >= 4 is 11.8 Å². The maximum Gasteiger partial charge on any atom is 0.305 e. The number of carbonyl (C=O) groups is 2. The summed E-state index contributed by atoms with van der Waals surface area (Å²) in [6, 6.07) is 9.45. The Labute approximate surface area is 134 Å². The monoisotopic (exact) mass is 313 g/mol. The average Bonchev–Trinajstić information content (AvgIpc) is 2.59. The Morgan fingerprint density at radius 3 is 2.39 bits per heavy atom. The highest BCUT2D eigenvalue weighted by molar-refractivity contribution is 5.98. The summed E-state index contributed by atoms with van der Waals surface area (Å²) in [4.78, 5) is 27.1. The summed E-state index contributed by atoms with van der Waals surface area (Å²) in [6.07, 6.45) is 2.43. The molecule has 1 aromatic heterocycles. The lowest BCUT2D eigenvalue weighted by atomic mass is 10.0. The zero-order valence-electron chi connectivity index (χ0n) is 13.2. The van der Waals surface area contributed by atoms with Gasteiger partial charge in [-0.1, -0.05) is 31.2 Å². The molecule has 0 unspecified atom stereocenters. The zero-order valence-corrected chi connectivity index (χ0v) is 13.2. The highest BCUT2D eigenvalue weighted by Crippen LogP contribution is 2.26. The zero-order chi connectivity index (χ0) is 16.8. The number of Topliss-reactive ketones (excluding diaryl/α,β-unsaturated/α-hetero) is 1. The van der Waals surface area contributed by atoms with Crippen molar-refractivity contribution < 1.29 is 19.4 Å². The second-order valence-corrected chi connectivity index (χ2v) is 5.14. The lowest BCUT2D eigenvalue weighted by Crippen LogP contribution is -2.07. The third kappa shape index (κ3) is 4.16. The minimum Gasteiger partial charge on any atom is -0.506 e. The molecule has 5 nitrogen and oxygen atoms in total. The van der Waals surface area contributed by atoms with Gasteiger partial charge in [0, 0.05) is 18.2 Å². The molecule has 0 atom stereocenters. The largest absolute Gasteiger partial charge is 0.506 e. The van der Waals surface area contributed by atoms with Crippen LogP contribution in [0.2, 0.25) is 0 Å². The second-order valence-electron chi connectivity index (χ2n) is 5.14. The number of esters is 1. The number of hydrogen-bond acceptors (Lipinski definition) is 5. The van der Waals surface area contributed by atoms with E-state index in [0.717, 1.165) is 17.5 Å². The molecule has 0 radical (unpaired) electrons. The number of pyridine rings is 1. The molecule has 23 heavy (non-hydrogen) atoms. The van der Waals surface area contributed by atoms with Crippen molar-refractivity contribution in [3.05, 3.63) is 47.8 Å². The molecule has 0 aliphatic rings. The molecule has 0 aliphatic carbocycles.